The molecule has 1 heterocycles. The van der Waals surface area contributed by atoms with Crippen LogP contribution in [-0.4, -0.2) is 17.9 Å². The Bertz CT molecular complexity index is 1270. The van der Waals surface area contributed by atoms with E-state index in [9.17, 15) is 22.8 Å². The Morgan fingerprint density at radius 3 is 2.21 bits per heavy atom. The van der Waals surface area contributed by atoms with Gasteiger partial charge in [0, 0.05) is 11.8 Å². The van der Waals surface area contributed by atoms with Crippen LogP contribution in [0.5, 0.6) is 5.75 Å². The van der Waals surface area contributed by atoms with E-state index in [4.69, 9.17) is 4.74 Å². The highest BCUT2D eigenvalue weighted by molar-refractivity contribution is 6.46. The van der Waals surface area contributed by atoms with Gasteiger partial charge in [-0.15, -0.1) is 0 Å². The molecule has 0 fully saturated rings. The van der Waals surface area contributed by atoms with Crippen molar-refractivity contribution < 1.29 is 27.5 Å². The third-order valence-electron chi connectivity index (χ3n) is 4.87. The van der Waals surface area contributed by atoms with Gasteiger partial charge in [-0.3, -0.25) is 9.59 Å². The van der Waals surface area contributed by atoms with Crippen LogP contribution in [0.15, 0.2) is 72.4 Å². The number of hydrogen-bond acceptors (Lipinski definition) is 4. The van der Waals surface area contributed by atoms with Gasteiger partial charge in [-0.25, -0.2) is 18.1 Å². The maximum Gasteiger partial charge on any atom is 0.282 e. The van der Waals surface area contributed by atoms with Crippen LogP contribution < -0.4 is 15.0 Å². The lowest BCUT2D eigenvalue weighted by Gasteiger charge is -2.20. The number of carbonyl (C=O) groups excluding carboxylic acids is 2. The van der Waals surface area contributed by atoms with Gasteiger partial charge in [-0.1, -0.05) is 24.3 Å². The molecule has 2 amide bonds. The summed E-state index contributed by atoms with van der Waals surface area (Å²) in [5, 5.41) is 2.74. The van der Waals surface area contributed by atoms with E-state index < -0.39 is 29.3 Å². The summed E-state index contributed by atoms with van der Waals surface area (Å²) in [6.45, 7) is 3.62. The van der Waals surface area contributed by atoms with Crippen molar-refractivity contribution in [3.8, 4) is 5.75 Å². The molecule has 4 rings (SSSR count). The first-order chi connectivity index (χ1) is 15.8. The zero-order chi connectivity index (χ0) is 23.7. The summed E-state index contributed by atoms with van der Waals surface area (Å²) in [6.07, 6.45) is -0.219. The third-order valence-corrected chi connectivity index (χ3v) is 4.87. The van der Waals surface area contributed by atoms with Gasteiger partial charge in [0.2, 0.25) is 0 Å². The number of rotatable bonds is 6. The Morgan fingerprint density at radius 1 is 0.848 bits per heavy atom. The third kappa shape index (κ3) is 4.32. The number of ether oxygens (including phenoxy) is 1. The normalized spacial score (nSPS) is 13.8. The predicted molar refractivity (Wildman–Crippen MR) is 118 cm³/mol. The minimum atomic E-state index is -1.12. The summed E-state index contributed by atoms with van der Waals surface area (Å²) < 4.78 is 46.4. The van der Waals surface area contributed by atoms with Gasteiger partial charge in [-0.05, 0) is 55.8 Å². The van der Waals surface area contributed by atoms with Gasteiger partial charge in [-0.2, -0.15) is 0 Å². The molecule has 3 aromatic carbocycles. The maximum absolute atomic E-state index is 13.8. The molecule has 168 valence electrons. The van der Waals surface area contributed by atoms with Crippen molar-refractivity contribution in [1.29, 1.82) is 0 Å². The molecule has 0 radical (unpaired) electrons. The van der Waals surface area contributed by atoms with E-state index in [0.717, 1.165) is 29.2 Å². The van der Waals surface area contributed by atoms with Crippen LogP contribution in [0.3, 0.4) is 0 Å². The second-order valence-electron chi connectivity index (χ2n) is 7.59. The van der Waals surface area contributed by atoms with Gasteiger partial charge < -0.3 is 10.1 Å². The molecule has 33 heavy (non-hydrogen) atoms. The number of carbonyl (C=O) groups is 2. The first kappa shape index (κ1) is 22.1. The smallest absolute Gasteiger partial charge is 0.282 e. The van der Waals surface area contributed by atoms with Crippen molar-refractivity contribution in [1.82, 2.24) is 0 Å². The number of nitrogens with zero attached hydrogens (tertiary/aromatic N) is 1. The molecule has 0 atom stereocenters. The van der Waals surface area contributed by atoms with Gasteiger partial charge >= 0.3 is 0 Å². The summed E-state index contributed by atoms with van der Waals surface area (Å²) >= 11 is 0. The fourth-order valence-corrected chi connectivity index (χ4v) is 3.46. The average molecular weight is 452 g/mol. The minimum Gasteiger partial charge on any atom is -0.489 e. The lowest BCUT2D eigenvalue weighted by molar-refractivity contribution is -0.120. The number of amides is 2. The summed E-state index contributed by atoms with van der Waals surface area (Å²) in [4.78, 5) is 27.9. The Balaban J connectivity index is 1.83. The van der Waals surface area contributed by atoms with Crippen LogP contribution in [0.1, 0.15) is 19.4 Å². The van der Waals surface area contributed by atoms with Crippen molar-refractivity contribution in [2.75, 3.05) is 10.2 Å². The Labute approximate surface area is 188 Å². The molecular weight excluding hydrogens is 433 g/mol. The van der Waals surface area contributed by atoms with Crippen LogP contribution in [0, 0.1) is 17.5 Å². The van der Waals surface area contributed by atoms with Gasteiger partial charge in [0.25, 0.3) is 11.8 Å². The van der Waals surface area contributed by atoms with Crippen LogP contribution in [0.4, 0.5) is 24.5 Å². The molecule has 0 bridgehead atoms. The van der Waals surface area contributed by atoms with Gasteiger partial charge in [0.15, 0.2) is 11.6 Å². The molecule has 0 spiro atoms. The van der Waals surface area contributed by atoms with Crippen LogP contribution in [0.2, 0.25) is 0 Å². The van der Waals surface area contributed by atoms with Crippen molar-refractivity contribution in [3.05, 3.63) is 95.4 Å². The van der Waals surface area contributed by atoms with Crippen molar-refractivity contribution in [3.63, 3.8) is 0 Å². The van der Waals surface area contributed by atoms with E-state index >= 15 is 0 Å². The number of halogens is 3. The highest BCUT2D eigenvalue weighted by Crippen LogP contribution is 2.38. The van der Waals surface area contributed by atoms with E-state index in [1.165, 1.54) is 18.2 Å². The maximum atomic E-state index is 13.8. The molecule has 1 aliphatic rings. The topological polar surface area (TPSA) is 58.6 Å². The number of para-hydroxylation sites is 2. The SMILES string of the molecule is CC(C)Oc1ccccc1N1C(=O)C(Nc2ccc(F)c(F)c2)=C(c2ccc(F)cc2)C1=O. The summed E-state index contributed by atoms with van der Waals surface area (Å²) in [6, 6.07) is 14.6. The molecule has 0 aromatic heterocycles. The Hall–Kier alpha value is -4.07. The zero-order valence-corrected chi connectivity index (χ0v) is 17.7. The largest absolute Gasteiger partial charge is 0.489 e. The minimum absolute atomic E-state index is 0.0379. The molecule has 1 N–H and O–H groups in total. The highest BCUT2D eigenvalue weighted by atomic mass is 19.2. The van der Waals surface area contributed by atoms with Crippen LogP contribution in [-0.2, 0) is 9.59 Å². The molecule has 0 unspecified atom stereocenters. The van der Waals surface area contributed by atoms with E-state index in [2.05, 4.69) is 5.32 Å². The molecule has 3 aromatic rings. The molecule has 0 saturated carbocycles. The monoisotopic (exact) mass is 452 g/mol. The van der Waals surface area contributed by atoms with Crippen molar-refractivity contribution in [2.24, 2.45) is 0 Å². The second kappa shape index (κ2) is 8.82. The lowest BCUT2D eigenvalue weighted by Crippen LogP contribution is -2.33. The Kier molecular flexibility index (Phi) is 5.91. The molecule has 1 aliphatic heterocycles. The van der Waals surface area contributed by atoms with E-state index in [-0.39, 0.29) is 34.3 Å². The van der Waals surface area contributed by atoms with Crippen LogP contribution in [0.25, 0.3) is 5.57 Å². The number of imide groups is 1. The Morgan fingerprint density at radius 2 is 1.55 bits per heavy atom. The molecule has 0 saturated heterocycles. The first-order valence-electron chi connectivity index (χ1n) is 10.1. The summed E-state index contributed by atoms with van der Waals surface area (Å²) in [5.41, 5.74) is 0.381. The fourth-order valence-electron chi connectivity index (χ4n) is 3.46. The number of anilines is 2. The number of nitrogens with one attached hydrogen (secondary N) is 1. The highest BCUT2D eigenvalue weighted by Gasteiger charge is 2.41. The van der Waals surface area contributed by atoms with Gasteiger partial charge in [0.1, 0.15) is 17.3 Å². The standard InChI is InChI=1S/C25H19F3N2O3/c1-14(2)33-21-6-4-3-5-20(21)30-24(31)22(15-7-9-16(26)10-8-15)23(25(30)32)29-17-11-12-18(27)19(28)13-17/h3-14,29H,1-2H3. The van der Waals surface area contributed by atoms with Gasteiger partial charge in [0.05, 0.1) is 17.4 Å². The quantitative estimate of drug-likeness (QED) is 0.517. The second-order valence-corrected chi connectivity index (χ2v) is 7.59. The zero-order valence-electron chi connectivity index (χ0n) is 17.7. The predicted octanol–water partition coefficient (Wildman–Crippen LogP) is 5.29. The first-order valence-corrected chi connectivity index (χ1v) is 10.1. The van der Waals surface area contributed by atoms with Crippen molar-refractivity contribution >= 4 is 28.8 Å². The summed E-state index contributed by atoms with van der Waals surface area (Å²) in [7, 11) is 0. The average Bonchev–Trinajstić information content (AvgIpc) is 3.01. The number of hydrogen-bond donors (Lipinski definition) is 1. The van der Waals surface area contributed by atoms with E-state index in [1.807, 2.05) is 13.8 Å². The van der Waals surface area contributed by atoms with Crippen LogP contribution >= 0.6 is 0 Å². The summed E-state index contributed by atoms with van der Waals surface area (Å²) in [5.74, 6) is -3.75. The molecule has 0 aliphatic carbocycles. The lowest BCUT2D eigenvalue weighted by atomic mass is 10.0. The molecule has 5 nitrogen and oxygen atoms in total. The molecule has 8 heteroatoms. The molecular formula is C25H19F3N2O3. The van der Waals surface area contributed by atoms with E-state index in [0.29, 0.717) is 5.75 Å². The van der Waals surface area contributed by atoms with Crippen molar-refractivity contribution in [2.45, 2.75) is 20.0 Å². The van der Waals surface area contributed by atoms with E-state index in [1.54, 1.807) is 24.3 Å². The number of benzene rings is 3. The fraction of sp³-hybridized carbons (Fsp3) is 0.120.